The molecule has 1 saturated carbocycles. The Morgan fingerprint density at radius 2 is 1.65 bits per heavy atom. The van der Waals surface area contributed by atoms with Crippen molar-refractivity contribution in [3.05, 3.63) is 99.8 Å². The van der Waals surface area contributed by atoms with E-state index in [2.05, 4.69) is 12.1 Å². The molecule has 0 spiro atoms. The number of rotatable bonds is 6. The SMILES string of the molecule is Cc1ccc(-n2c(SCC(=O)c3ccc(C4CCCCC4)cc3)nc3ccccc3c2=O)cc1. The van der Waals surface area contributed by atoms with Gasteiger partial charge in [-0.1, -0.05) is 85.1 Å². The number of thioether (sulfide) groups is 1. The summed E-state index contributed by atoms with van der Waals surface area (Å²) < 4.78 is 1.62. The molecule has 0 atom stereocenters. The molecule has 0 aliphatic heterocycles. The van der Waals surface area contributed by atoms with Crippen LogP contribution in [0.1, 0.15) is 59.5 Å². The Labute approximate surface area is 204 Å². The van der Waals surface area contributed by atoms with Gasteiger partial charge in [0.05, 0.1) is 22.3 Å². The molecule has 5 rings (SSSR count). The average molecular weight is 469 g/mol. The second-order valence-corrected chi connectivity index (χ2v) is 10.00. The molecule has 5 heteroatoms. The Morgan fingerprint density at radius 3 is 2.38 bits per heavy atom. The maximum Gasteiger partial charge on any atom is 0.266 e. The Morgan fingerprint density at radius 1 is 0.941 bits per heavy atom. The minimum absolute atomic E-state index is 0.0399. The van der Waals surface area contributed by atoms with Crippen LogP contribution < -0.4 is 5.56 Å². The summed E-state index contributed by atoms with van der Waals surface area (Å²) >= 11 is 1.31. The fraction of sp³-hybridized carbons (Fsp3) is 0.276. The monoisotopic (exact) mass is 468 g/mol. The van der Waals surface area contributed by atoms with Crippen LogP contribution in [0, 0.1) is 6.92 Å². The highest BCUT2D eigenvalue weighted by molar-refractivity contribution is 7.99. The van der Waals surface area contributed by atoms with Crippen LogP contribution in [0.25, 0.3) is 16.6 Å². The summed E-state index contributed by atoms with van der Waals surface area (Å²) in [6, 6.07) is 23.3. The molecule has 172 valence electrons. The molecular weight excluding hydrogens is 440 g/mol. The number of ketones is 1. The van der Waals surface area contributed by atoms with Gasteiger partial charge >= 0.3 is 0 Å². The highest BCUT2D eigenvalue weighted by Crippen LogP contribution is 2.32. The van der Waals surface area contributed by atoms with Gasteiger partial charge in [-0.15, -0.1) is 0 Å². The van der Waals surface area contributed by atoms with E-state index in [0.29, 0.717) is 27.5 Å². The van der Waals surface area contributed by atoms with Crippen LogP contribution in [0.5, 0.6) is 0 Å². The van der Waals surface area contributed by atoms with Crippen molar-refractivity contribution < 1.29 is 4.79 Å². The number of aromatic nitrogens is 2. The van der Waals surface area contributed by atoms with Gasteiger partial charge in [-0.3, -0.25) is 14.2 Å². The largest absolute Gasteiger partial charge is 0.293 e. The highest BCUT2D eigenvalue weighted by atomic mass is 32.2. The van der Waals surface area contributed by atoms with E-state index >= 15 is 0 Å². The fourth-order valence-corrected chi connectivity index (χ4v) is 5.63. The lowest BCUT2D eigenvalue weighted by molar-refractivity contribution is 0.102. The second kappa shape index (κ2) is 9.98. The summed E-state index contributed by atoms with van der Waals surface area (Å²) in [5, 5.41) is 1.09. The smallest absolute Gasteiger partial charge is 0.266 e. The minimum atomic E-state index is -0.124. The van der Waals surface area contributed by atoms with Crippen molar-refractivity contribution in [2.24, 2.45) is 0 Å². The van der Waals surface area contributed by atoms with Gasteiger partial charge in [0, 0.05) is 5.56 Å². The number of carbonyl (C=O) groups is 1. The lowest BCUT2D eigenvalue weighted by Gasteiger charge is -2.22. The van der Waals surface area contributed by atoms with Gasteiger partial charge in [-0.2, -0.15) is 0 Å². The molecule has 0 bridgehead atoms. The summed E-state index contributed by atoms with van der Waals surface area (Å²) in [7, 11) is 0. The number of fused-ring (bicyclic) bond motifs is 1. The van der Waals surface area contributed by atoms with Crippen LogP contribution >= 0.6 is 11.8 Å². The molecule has 0 N–H and O–H groups in total. The molecule has 0 radical (unpaired) electrons. The molecule has 1 aliphatic carbocycles. The molecule has 0 saturated heterocycles. The van der Waals surface area contributed by atoms with E-state index < -0.39 is 0 Å². The average Bonchev–Trinajstić information content (AvgIpc) is 2.89. The number of carbonyl (C=O) groups excluding carboxylic acids is 1. The molecule has 4 nitrogen and oxygen atoms in total. The van der Waals surface area contributed by atoms with Crippen molar-refractivity contribution in [2.75, 3.05) is 5.75 Å². The number of para-hydroxylation sites is 1. The number of Topliss-reactive ketones (excluding diaryl/α,β-unsaturated/α-hetero) is 1. The van der Waals surface area contributed by atoms with Gasteiger partial charge in [0.15, 0.2) is 10.9 Å². The Hall–Kier alpha value is -3.18. The maximum absolute atomic E-state index is 13.4. The molecule has 3 aromatic carbocycles. The van der Waals surface area contributed by atoms with Crippen LogP contribution in [-0.2, 0) is 0 Å². The van der Waals surface area contributed by atoms with E-state index in [-0.39, 0.29) is 17.1 Å². The third kappa shape index (κ3) is 4.71. The van der Waals surface area contributed by atoms with Crippen LogP contribution in [-0.4, -0.2) is 21.1 Å². The quantitative estimate of drug-likeness (QED) is 0.179. The molecule has 0 unspecified atom stereocenters. The van der Waals surface area contributed by atoms with E-state index in [4.69, 9.17) is 4.98 Å². The van der Waals surface area contributed by atoms with Crippen LogP contribution in [0.4, 0.5) is 0 Å². The fourth-order valence-electron chi connectivity index (χ4n) is 4.72. The number of benzene rings is 3. The standard InChI is InChI=1S/C29H28N2O2S/c1-20-11-17-24(18-12-20)31-28(33)25-9-5-6-10-26(25)30-29(31)34-19-27(32)23-15-13-22(14-16-23)21-7-3-2-4-8-21/h5-6,9-18,21H,2-4,7-8,19H2,1H3. The third-order valence-corrected chi connectivity index (χ3v) is 7.62. The first-order valence-electron chi connectivity index (χ1n) is 11.9. The zero-order valence-electron chi connectivity index (χ0n) is 19.4. The first-order chi connectivity index (χ1) is 16.6. The van der Waals surface area contributed by atoms with E-state index in [9.17, 15) is 9.59 Å². The molecule has 1 fully saturated rings. The lowest BCUT2D eigenvalue weighted by Crippen LogP contribution is -2.22. The lowest BCUT2D eigenvalue weighted by atomic mass is 9.84. The van der Waals surface area contributed by atoms with Crippen LogP contribution in [0.2, 0.25) is 0 Å². The zero-order chi connectivity index (χ0) is 23.5. The van der Waals surface area contributed by atoms with Crippen molar-refractivity contribution in [1.82, 2.24) is 9.55 Å². The number of nitrogens with zero attached hydrogens (tertiary/aromatic N) is 2. The maximum atomic E-state index is 13.4. The van der Waals surface area contributed by atoms with Crippen molar-refractivity contribution in [3.63, 3.8) is 0 Å². The van der Waals surface area contributed by atoms with Crippen LogP contribution in [0.3, 0.4) is 0 Å². The van der Waals surface area contributed by atoms with E-state index in [0.717, 1.165) is 11.3 Å². The molecule has 4 aromatic rings. The summed E-state index contributed by atoms with van der Waals surface area (Å²) in [6.07, 6.45) is 6.41. The van der Waals surface area contributed by atoms with E-state index in [1.54, 1.807) is 10.6 Å². The van der Waals surface area contributed by atoms with Gasteiger partial charge in [0.1, 0.15) is 0 Å². The highest BCUT2D eigenvalue weighted by Gasteiger charge is 2.18. The van der Waals surface area contributed by atoms with Crippen molar-refractivity contribution in [2.45, 2.75) is 50.1 Å². The molecule has 34 heavy (non-hydrogen) atoms. The summed E-state index contributed by atoms with van der Waals surface area (Å²) in [5.74, 6) is 0.885. The van der Waals surface area contributed by atoms with E-state index in [1.165, 1.54) is 49.4 Å². The molecule has 1 aliphatic rings. The molecular formula is C29H28N2O2S. The first-order valence-corrected chi connectivity index (χ1v) is 12.9. The summed E-state index contributed by atoms with van der Waals surface area (Å²) in [6.45, 7) is 2.01. The van der Waals surface area contributed by atoms with E-state index in [1.807, 2.05) is 61.5 Å². The van der Waals surface area contributed by atoms with Gasteiger partial charge in [0.2, 0.25) is 0 Å². The van der Waals surface area contributed by atoms with Crippen molar-refractivity contribution in [1.29, 1.82) is 0 Å². The first kappa shape index (κ1) is 22.6. The predicted octanol–water partition coefficient (Wildman–Crippen LogP) is 6.72. The number of hydrogen-bond donors (Lipinski definition) is 0. The van der Waals surface area contributed by atoms with Gasteiger partial charge in [-0.05, 0) is 55.5 Å². The Kier molecular flexibility index (Phi) is 6.63. The summed E-state index contributed by atoms with van der Waals surface area (Å²) in [5.41, 5.74) is 4.43. The van der Waals surface area contributed by atoms with Crippen molar-refractivity contribution in [3.8, 4) is 5.69 Å². The Balaban J connectivity index is 1.41. The zero-order valence-corrected chi connectivity index (χ0v) is 20.2. The number of hydrogen-bond acceptors (Lipinski definition) is 4. The molecule has 0 amide bonds. The van der Waals surface area contributed by atoms with Gasteiger partial charge < -0.3 is 0 Å². The predicted molar refractivity (Wildman–Crippen MR) is 139 cm³/mol. The Bertz CT molecular complexity index is 1370. The molecule has 1 heterocycles. The van der Waals surface area contributed by atoms with Crippen LogP contribution in [0.15, 0.2) is 82.7 Å². The second-order valence-electron chi connectivity index (χ2n) is 9.06. The normalized spacial score (nSPS) is 14.4. The van der Waals surface area contributed by atoms with Crippen molar-refractivity contribution >= 4 is 28.4 Å². The molecule has 1 aromatic heterocycles. The van der Waals surface area contributed by atoms with Gasteiger partial charge in [-0.25, -0.2) is 4.98 Å². The third-order valence-electron chi connectivity index (χ3n) is 6.68. The topological polar surface area (TPSA) is 52.0 Å². The summed E-state index contributed by atoms with van der Waals surface area (Å²) in [4.78, 5) is 31.1. The number of aryl methyl sites for hydroxylation is 1. The minimum Gasteiger partial charge on any atom is -0.293 e. The van der Waals surface area contributed by atoms with Gasteiger partial charge in [0.25, 0.3) is 5.56 Å².